The van der Waals surface area contributed by atoms with Gasteiger partial charge < -0.3 is 15.0 Å². The number of nitrogens with zero attached hydrogens (tertiary/aromatic N) is 1. The van der Waals surface area contributed by atoms with Crippen LogP contribution in [0, 0.1) is 13.8 Å². The fraction of sp³-hybridized carbons (Fsp3) is 0.174. The van der Waals surface area contributed by atoms with Crippen LogP contribution in [-0.2, 0) is 10.9 Å². The Morgan fingerprint density at radius 3 is 2.19 bits per heavy atom. The molecular weight excluding hydrogens is 425 g/mol. The summed E-state index contributed by atoms with van der Waals surface area (Å²) in [6, 6.07) is 11.8. The van der Waals surface area contributed by atoms with Crippen LogP contribution >= 0.6 is 0 Å². The highest BCUT2D eigenvalue weighted by Crippen LogP contribution is 2.31. The van der Waals surface area contributed by atoms with Crippen LogP contribution in [0.25, 0.3) is 5.69 Å². The first-order valence-corrected chi connectivity index (χ1v) is 9.46. The Kier molecular flexibility index (Phi) is 6.20. The summed E-state index contributed by atoms with van der Waals surface area (Å²) in [5.74, 6) is -1.91. The maximum Gasteiger partial charge on any atom is 0.416 e. The number of rotatable bonds is 6. The molecule has 1 aromatic heterocycles. The number of aryl methyl sites for hydroxylation is 1. The highest BCUT2D eigenvalue weighted by atomic mass is 19.4. The van der Waals surface area contributed by atoms with Crippen LogP contribution < -0.4 is 5.73 Å². The zero-order chi connectivity index (χ0) is 23.6. The molecule has 0 aliphatic heterocycles. The number of nitrogens with two attached hydrogens (primary N) is 1. The molecule has 2 aromatic carbocycles. The molecule has 3 aromatic rings. The molecule has 1 heterocycles. The van der Waals surface area contributed by atoms with Gasteiger partial charge in [-0.1, -0.05) is 6.07 Å². The second-order valence-electron chi connectivity index (χ2n) is 7.11. The van der Waals surface area contributed by atoms with Crippen molar-refractivity contribution in [3.8, 4) is 5.69 Å². The number of hydrogen-bond donors (Lipinski definition) is 1. The fourth-order valence-electron chi connectivity index (χ4n) is 3.33. The van der Waals surface area contributed by atoms with E-state index in [4.69, 9.17) is 10.5 Å². The van der Waals surface area contributed by atoms with E-state index >= 15 is 0 Å². The molecule has 0 atom stereocenters. The van der Waals surface area contributed by atoms with Crippen molar-refractivity contribution in [2.45, 2.75) is 20.0 Å². The van der Waals surface area contributed by atoms with Gasteiger partial charge in [0.05, 0.1) is 11.1 Å². The number of carbonyl (C=O) groups excluding carboxylic acids is 3. The Bertz CT molecular complexity index is 1190. The number of aromatic nitrogens is 1. The number of benzene rings is 2. The predicted molar refractivity (Wildman–Crippen MR) is 110 cm³/mol. The molecular formula is C23H19F3N2O4. The quantitative estimate of drug-likeness (QED) is 0.455. The topological polar surface area (TPSA) is 91.4 Å². The third kappa shape index (κ3) is 4.72. The van der Waals surface area contributed by atoms with Crippen molar-refractivity contribution in [1.82, 2.24) is 4.57 Å². The van der Waals surface area contributed by atoms with E-state index in [1.165, 1.54) is 47.0 Å². The fourth-order valence-corrected chi connectivity index (χ4v) is 3.33. The van der Waals surface area contributed by atoms with E-state index in [1.807, 2.05) is 0 Å². The lowest BCUT2D eigenvalue weighted by Crippen LogP contribution is -2.15. The van der Waals surface area contributed by atoms with E-state index in [2.05, 4.69) is 0 Å². The second kappa shape index (κ2) is 8.70. The lowest BCUT2D eigenvalue weighted by Gasteiger charge is -2.13. The second-order valence-corrected chi connectivity index (χ2v) is 7.11. The largest absolute Gasteiger partial charge is 0.454 e. The van der Waals surface area contributed by atoms with Crippen molar-refractivity contribution >= 4 is 17.7 Å². The number of alkyl halides is 3. The molecule has 0 saturated heterocycles. The molecule has 166 valence electrons. The van der Waals surface area contributed by atoms with Gasteiger partial charge in [0.15, 0.2) is 6.61 Å². The number of primary amides is 1. The van der Waals surface area contributed by atoms with Gasteiger partial charge in [-0.25, -0.2) is 4.79 Å². The van der Waals surface area contributed by atoms with Gasteiger partial charge in [0.2, 0.25) is 11.7 Å². The molecule has 0 aliphatic carbocycles. The maximum absolute atomic E-state index is 13.1. The van der Waals surface area contributed by atoms with Gasteiger partial charge in [-0.3, -0.25) is 9.59 Å². The number of Topliss-reactive ketones (excluding diaryl/α,β-unsaturated/α-hetero) is 1. The van der Waals surface area contributed by atoms with E-state index in [-0.39, 0.29) is 22.4 Å². The highest BCUT2D eigenvalue weighted by molar-refractivity contribution is 6.01. The summed E-state index contributed by atoms with van der Waals surface area (Å²) in [6.45, 7) is 2.71. The normalized spacial score (nSPS) is 11.3. The first kappa shape index (κ1) is 22.8. The number of carbonyl (C=O) groups is 3. The number of ether oxygens (including phenoxy) is 1. The summed E-state index contributed by atoms with van der Waals surface area (Å²) < 4.78 is 45.8. The Morgan fingerprint density at radius 1 is 0.969 bits per heavy atom. The molecule has 3 rings (SSSR count). The van der Waals surface area contributed by atoms with E-state index < -0.39 is 36.0 Å². The van der Waals surface area contributed by atoms with E-state index in [0.717, 1.165) is 12.1 Å². The van der Waals surface area contributed by atoms with Gasteiger partial charge in [0, 0.05) is 28.2 Å². The summed E-state index contributed by atoms with van der Waals surface area (Å²) in [6.07, 6.45) is -4.49. The Hall–Kier alpha value is -3.88. The summed E-state index contributed by atoms with van der Waals surface area (Å²) in [5.41, 5.74) is 6.18. The van der Waals surface area contributed by atoms with E-state index in [1.54, 1.807) is 13.8 Å². The molecule has 0 aliphatic rings. The molecule has 0 saturated carbocycles. The number of esters is 1. The molecule has 0 unspecified atom stereocenters. The first-order chi connectivity index (χ1) is 15.0. The molecule has 9 heteroatoms. The van der Waals surface area contributed by atoms with Crippen LogP contribution in [0.3, 0.4) is 0 Å². The van der Waals surface area contributed by atoms with Crippen molar-refractivity contribution in [2.75, 3.05) is 6.61 Å². The predicted octanol–water partition coefficient (Wildman–Crippen LogP) is 4.25. The Balaban J connectivity index is 1.77. The van der Waals surface area contributed by atoms with Crippen molar-refractivity contribution in [3.05, 3.63) is 88.2 Å². The summed E-state index contributed by atoms with van der Waals surface area (Å²) in [4.78, 5) is 35.9. The molecule has 6 nitrogen and oxygen atoms in total. The van der Waals surface area contributed by atoms with E-state index in [9.17, 15) is 27.6 Å². The van der Waals surface area contributed by atoms with Crippen LogP contribution in [0.1, 0.15) is 48.0 Å². The molecule has 1 amide bonds. The number of amides is 1. The average molecular weight is 444 g/mol. The summed E-state index contributed by atoms with van der Waals surface area (Å²) in [5, 5.41) is 0. The summed E-state index contributed by atoms with van der Waals surface area (Å²) in [7, 11) is 0. The third-order valence-electron chi connectivity index (χ3n) is 4.90. The van der Waals surface area contributed by atoms with Crippen molar-refractivity contribution in [3.63, 3.8) is 0 Å². The Labute approximate surface area is 181 Å². The number of ketones is 1. The smallest absolute Gasteiger partial charge is 0.416 e. The molecule has 0 radical (unpaired) electrons. The first-order valence-electron chi connectivity index (χ1n) is 9.46. The Morgan fingerprint density at radius 2 is 1.59 bits per heavy atom. The lowest BCUT2D eigenvalue weighted by atomic mass is 10.1. The van der Waals surface area contributed by atoms with Gasteiger partial charge >= 0.3 is 12.1 Å². The van der Waals surface area contributed by atoms with Crippen LogP contribution in [0.5, 0.6) is 0 Å². The third-order valence-corrected chi connectivity index (χ3v) is 4.90. The standard InChI is InChI=1S/C23H19F3N2O4/c1-13-10-19(14(2)28(13)18-5-3-4-17(11-18)23(24,25)26)20(29)12-32-22(31)16-8-6-15(7-9-16)21(27)30/h3-11H,12H2,1-2H3,(H2,27,30). The highest BCUT2D eigenvalue weighted by Gasteiger charge is 2.31. The molecule has 2 N–H and O–H groups in total. The minimum Gasteiger partial charge on any atom is -0.454 e. The average Bonchev–Trinajstić information content (AvgIpc) is 3.05. The number of halogens is 3. The van der Waals surface area contributed by atoms with Gasteiger partial charge in [0.25, 0.3) is 0 Å². The van der Waals surface area contributed by atoms with Gasteiger partial charge in [-0.2, -0.15) is 13.2 Å². The molecule has 32 heavy (non-hydrogen) atoms. The summed E-state index contributed by atoms with van der Waals surface area (Å²) >= 11 is 0. The van der Waals surface area contributed by atoms with Crippen molar-refractivity contribution in [1.29, 1.82) is 0 Å². The van der Waals surface area contributed by atoms with Crippen LogP contribution in [-0.4, -0.2) is 28.8 Å². The van der Waals surface area contributed by atoms with Crippen molar-refractivity contribution < 1.29 is 32.3 Å². The van der Waals surface area contributed by atoms with Crippen LogP contribution in [0.2, 0.25) is 0 Å². The molecule has 0 fully saturated rings. The van der Waals surface area contributed by atoms with E-state index in [0.29, 0.717) is 11.4 Å². The van der Waals surface area contributed by atoms with Gasteiger partial charge in [0.1, 0.15) is 0 Å². The zero-order valence-electron chi connectivity index (χ0n) is 17.2. The number of hydrogen-bond acceptors (Lipinski definition) is 4. The maximum atomic E-state index is 13.1. The zero-order valence-corrected chi connectivity index (χ0v) is 17.2. The van der Waals surface area contributed by atoms with Crippen LogP contribution in [0.15, 0.2) is 54.6 Å². The minimum atomic E-state index is -4.49. The monoisotopic (exact) mass is 444 g/mol. The van der Waals surface area contributed by atoms with Crippen LogP contribution in [0.4, 0.5) is 13.2 Å². The van der Waals surface area contributed by atoms with Gasteiger partial charge in [-0.05, 0) is 62.4 Å². The van der Waals surface area contributed by atoms with Crippen molar-refractivity contribution in [2.24, 2.45) is 5.73 Å². The van der Waals surface area contributed by atoms with Gasteiger partial charge in [-0.15, -0.1) is 0 Å². The minimum absolute atomic E-state index is 0.136. The SMILES string of the molecule is Cc1cc(C(=O)COC(=O)c2ccc(C(N)=O)cc2)c(C)n1-c1cccc(C(F)(F)F)c1. The molecule has 0 spiro atoms. The lowest BCUT2D eigenvalue weighted by molar-refractivity contribution is -0.137. The molecule has 0 bridgehead atoms.